The van der Waals surface area contributed by atoms with Crippen molar-refractivity contribution in [2.45, 2.75) is 0 Å². The van der Waals surface area contributed by atoms with Crippen LogP contribution in [0.5, 0.6) is 0 Å². The van der Waals surface area contributed by atoms with Gasteiger partial charge in [0.2, 0.25) is 0 Å². The minimum absolute atomic E-state index is 0.177. The van der Waals surface area contributed by atoms with E-state index in [1.807, 2.05) is 17.0 Å². The van der Waals surface area contributed by atoms with E-state index < -0.39 is 0 Å². The van der Waals surface area contributed by atoms with E-state index in [-0.39, 0.29) is 5.91 Å². The van der Waals surface area contributed by atoms with Crippen LogP contribution in [0.1, 0.15) is 10.4 Å². The predicted molar refractivity (Wildman–Crippen MR) is 65.7 cm³/mol. The molecule has 0 N–H and O–H groups in total. The molecular weight excluding hydrogens is 212 g/mol. The van der Waals surface area contributed by atoms with Crippen molar-refractivity contribution in [3.63, 3.8) is 0 Å². The van der Waals surface area contributed by atoms with Gasteiger partial charge in [0.15, 0.2) is 0 Å². The highest BCUT2D eigenvalue weighted by molar-refractivity contribution is 5.94. The number of fused-ring (bicyclic) bond motifs is 1. The van der Waals surface area contributed by atoms with Crippen LogP contribution < -0.4 is 0 Å². The molecule has 2 aliphatic rings. The molecule has 3 rings (SSSR count). The van der Waals surface area contributed by atoms with Crippen LogP contribution in [-0.4, -0.2) is 48.9 Å². The molecule has 89 valence electrons. The second-order valence-electron chi connectivity index (χ2n) is 5.24. The summed E-state index contributed by atoms with van der Waals surface area (Å²) in [4.78, 5) is 16.6. The number of carbonyl (C=O) groups is 1. The van der Waals surface area contributed by atoms with E-state index in [0.717, 1.165) is 31.7 Å². The molecule has 0 aliphatic carbocycles. The summed E-state index contributed by atoms with van der Waals surface area (Å²) in [5.74, 6) is 1.54. The number of carbonyl (C=O) groups excluding carboxylic acids is 1. The Labute approximate surface area is 102 Å². The third kappa shape index (κ3) is 1.95. The van der Waals surface area contributed by atoms with Gasteiger partial charge in [-0.05, 0) is 37.1 Å². The molecule has 17 heavy (non-hydrogen) atoms. The monoisotopic (exact) mass is 229 g/mol. The summed E-state index contributed by atoms with van der Waals surface area (Å²) in [7, 11) is 2.16. The number of hydrogen-bond donors (Lipinski definition) is 0. The van der Waals surface area contributed by atoms with Gasteiger partial charge in [-0.15, -0.1) is 0 Å². The quantitative estimate of drug-likeness (QED) is 0.720. The third-order valence-corrected chi connectivity index (χ3v) is 3.92. The van der Waals surface area contributed by atoms with Gasteiger partial charge in [-0.25, -0.2) is 0 Å². The summed E-state index contributed by atoms with van der Waals surface area (Å²) in [5.41, 5.74) is 0.789. The van der Waals surface area contributed by atoms with E-state index in [1.165, 1.54) is 0 Å². The zero-order chi connectivity index (χ0) is 11.8. The van der Waals surface area contributed by atoms with Crippen molar-refractivity contribution in [2.75, 3.05) is 33.2 Å². The average Bonchev–Trinajstić information content (AvgIpc) is 2.86. The smallest absolute Gasteiger partial charge is 0.253 e. The summed E-state index contributed by atoms with van der Waals surface area (Å²) in [6.07, 6.45) is 0. The van der Waals surface area contributed by atoms with Crippen molar-refractivity contribution in [2.24, 2.45) is 11.8 Å². The maximum atomic E-state index is 12.3. The minimum atomic E-state index is 0.177. The molecule has 3 nitrogen and oxygen atoms in total. The summed E-state index contributed by atoms with van der Waals surface area (Å²) in [6.45, 7) is 4.12. The highest BCUT2D eigenvalue weighted by Crippen LogP contribution is 2.30. The molecule has 3 heteroatoms. The van der Waals surface area contributed by atoms with Crippen LogP contribution in [0.4, 0.5) is 0 Å². The van der Waals surface area contributed by atoms with Crippen LogP contribution in [0.2, 0.25) is 0 Å². The van der Waals surface area contributed by atoms with Crippen LogP contribution in [0.3, 0.4) is 0 Å². The van der Waals surface area contributed by atoms with E-state index in [4.69, 9.17) is 0 Å². The van der Waals surface area contributed by atoms with E-state index >= 15 is 0 Å². The number of benzene rings is 1. The van der Waals surface area contributed by atoms with Gasteiger partial charge in [0.05, 0.1) is 0 Å². The Hall–Kier alpha value is -1.35. The van der Waals surface area contributed by atoms with Crippen LogP contribution in [0.25, 0.3) is 0 Å². The normalized spacial score (nSPS) is 28.4. The lowest BCUT2D eigenvalue weighted by atomic mass is 10.0. The Kier molecular flexibility index (Phi) is 2.63. The van der Waals surface area contributed by atoms with Crippen LogP contribution >= 0.6 is 0 Å². The first kappa shape index (κ1) is 10.8. The molecule has 2 unspecified atom stereocenters. The highest BCUT2D eigenvalue weighted by atomic mass is 16.2. The Morgan fingerprint density at radius 3 is 2.35 bits per heavy atom. The van der Waals surface area contributed by atoms with Crippen LogP contribution in [0, 0.1) is 17.9 Å². The molecule has 1 aromatic rings. The highest BCUT2D eigenvalue weighted by Gasteiger charge is 2.40. The van der Waals surface area contributed by atoms with E-state index in [0.29, 0.717) is 11.8 Å². The van der Waals surface area contributed by atoms with Crippen molar-refractivity contribution in [3.8, 4) is 0 Å². The van der Waals surface area contributed by atoms with Gasteiger partial charge in [0.1, 0.15) is 0 Å². The third-order valence-electron chi connectivity index (χ3n) is 3.92. The zero-order valence-corrected chi connectivity index (χ0v) is 10.1. The van der Waals surface area contributed by atoms with E-state index in [2.05, 4.69) is 18.0 Å². The van der Waals surface area contributed by atoms with Gasteiger partial charge >= 0.3 is 0 Å². The molecule has 2 saturated heterocycles. The zero-order valence-electron chi connectivity index (χ0n) is 10.1. The molecule has 1 aromatic carbocycles. The number of amides is 1. The van der Waals surface area contributed by atoms with Crippen LogP contribution in [0.15, 0.2) is 24.3 Å². The maximum Gasteiger partial charge on any atom is 0.253 e. The van der Waals surface area contributed by atoms with Gasteiger partial charge in [-0.2, -0.15) is 0 Å². The van der Waals surface area contributed by atoms with Gasteiger partial charge in [0.25, 0.3) is 5.91 Å². The van der Waals surface area contributed by atoms with Crippen LogP contribution in [-0.2, 0) is 0 Å². The standard InChI is InChI=1S/C14H17N2O/c1-15-7-12-9-16(10-13(12)8-15)14(17)11-5-3-2-4-6-11/h3-6,12-13H,7-10H2,1H3. The van der Waals surface area contributed by atoms with Crippen molar-refractivity contribution >= 4 is 5.91 Å². The van der Waals surface area contributed by atoms with Gasteiger partial charge in [-0.1, -0.05) is 12.1 Å². The van der Waals surface area contributed by atoms with E-state index in [9.17, 15) is 4.79 Å². The van der Waals surface area contributed by atoms with E-state index in [1.54, 1.807) is 12.1 Å². The fraction of sp³-hybridized carbons (Fsp3) is 0.500. The number of rotatable bonds is 1. The first-order chi connectivity index (χ1) is 8.24. The number of likely N-dealkylation sites (tertiary alicyclic amines) is 2. The van der Waals surface area contributed by atoms with Gasteiger partial charge in [-0.3, -0.25) is 4.79 Å². The molecular formula is C14H17N2O. The molecule has 0 saturated carbocycles. The summed E-state index contributed by atoms with van der Waals surface area (Å²) in [5, 5.41) is 0. The van der Waals surface area contributed by atoms with Crippen molar-refractivity contribution in [1.82, 2.24) is 9.80 Å². The predicted octanol–water partition coefficient (Wildman–Crippen LogP) is 1.12. The SMILES string of the molecule is CN1CC2CN(C(=O)c3cc[c]cc3)CC2C1. The topological polar surface area (TPSA) is 23.6 Å². The molecule has 0 spiro atoms. The second-order valence-corrected chi connectivity index (χ2v) is 5.24. The molecule has 2 fully saturated rings. The molecule has 0 bridgehead atoms. The average molecular weight is 229 g/mol. The van der Waals surface area contributed by atoms with Crippen molar-refractivity contribution in [3.05, 3.63) is 35.9 Å². The fourth-order valence-electron chi connectivity index (χ4n) is 3.11. The molecule has 2 atom stereocenters. The molecule has 2 heterocycles. The summed E-state index contributed by atoms with van der Waals surface area (Å²) >= 11 is 0. The first-order valence-electron chi connectivity index (χ1n) is 6.18. The van der Waals surface area contributed by atoms with Gasteiger partial charge in [0, 0.05) is 31.7 Å². The number of hydrogen-bond acceptors (Lipinski definition) is 2. The Bertz CT molecular complexity index is 403. The van der Waals surface area contributed by atoms with Crippen molar-refractivity contribution < 1.29 is 4.79 Å². The molecule has 2 aliphatic heterocycles. The number of nitrogens with zero attached hydrogens (tertiary/aromatic N) is 2. The first-order valence-corrected chi connectivity index (χ1v) is 6.18. The lowest BCUT2D eigenvalue weighted by molar-refractivity contribution is 0.0776. The van der Waals surface area contributed by atoms with Gasteiger partial charge < -0.3 is 9.80 Å². The fourth-order valence-corrected chi connectivity index (χ4v) is 3.11. The largest absolute Gasteiger partial charge is 0.338 e. The second kappa shape index (κ2) is 4.15. The maximum absolute atomic E-state index is 12.3. The molecule has 1 radical (unpaired) electrons. The molecule has 0 aromatic heterocycles. The lowest BCUT2D eigenvalue weighted by Crippen LogP contribution is -2.32. The Morgan fingerprint density at radius 1 is 1.18 bits per heavy atom. The summed E-state index contributed by atoms with van der Waals surface area (Å²) < 4.78 is 0. The summed E-state index contributed by atoms with van der Waals surface area (Å²) in [6, 6.07) is 10.3. The van der Waals surface area contributed by atoms with Crippen molar-refractivity contribution in [1.29, 1.82) is 0 Å². The minimum Gasteiger partial charge on any atom is -0.338 e. The Balaban J connectivity index is 1.70. The lowest BCUT2D eigenvalue weighted by Gasteiger charge is -2.19. The molecule has 1 amide bonds. The Morgan fingerprint density at radius 2 is 1.76 bits per heavy atom.